The molecule has 0 saturated heterocycles. The number of primary amides is 1. The van der Waals surface area contributed by atoms with Gasteiger partial charge in [0.2, 0.25) is 17.7 Å². The fraction of sp³-hybridized carbons (Fsp3) is 0.333. The highest BCUT2D eigenvalue weighted by molar-refractivity contribution is 5.95. The van der Waals surface area contributed by atoms with Crippen LogP contribution in [0.25, 0.3) is 22.4 Å². The van der Waals surface area contributed by atoms with Crippen molar-refractivity contribution in [2.24, 2.45) is 11.7 Å². The summed E-state index contributed by atoms with van der Waals surface area (Å²) in [4.78, 5) is 16.6. The maximum atomic E-state index is 13.9. The van der Waals surface area contributed by atoms with E-state index in [2.05, 4.69) is 22.1 Å². The number of fused-ring (bicyclic) bond motifs is 1. The first-order chi connectivity index (χ1) is 16.4. The van der Waals surface area contributed by atoms with Gasteiger partial charge in [0.25, 0.3) is 0 Å². The number of pyridine rings is 1. The van der Waals surface area contributed by atoms with Crippen molar-refractivity contribution < 1.29 is 13.6 Å². The molecule has 2 aromatic heterocycles. The van der Waals surface area contributed by atoms with Gasteiger partial charge in [0, 0.05) is 29.6 Å². The number of amides is 1. The summed E-state index contributed by atoms with van der Waals surface area (Å²) in [6.07, 6.45) is 5.83. The molecule has 1 saturated carbocycles. The van der Waals surface area contributed by atoms with E-state index in [0.29, 0.717) is 29.2 Å². The molecule has 1 fully saturated rings. The van der Waals surface area contributed by atoms with Crippen molar-refractivity contribution >= 4 is 16.8 Å². The van der Waals surface area contributed by atoms with E-state index in [-0.39, 0.29) is 11.7 Å². The van der Waals surface area contributed by atoms with Crippen molar-refractivity contribution in [3.05, 3.63) is 77.1 Å². The van der Waals surface area contributed by atoms with E-state index in [4.69, 9.17) is 10.2 Å². The van der Waals surface area contributed by atoms with Crippen LogP contribution in [0.1, 0.15) is 71.8 Å². The number of halogens is 1. The number of nitrogens with zero attached hydrogens (tertiary/aromatic N) is 3. The Kier molecular flexibility index (Phi) is 5.86. The lowest BCUT2D eigenvalue weighted by atomic mass is 9.71. The summed E-state index contributed by atoms with van der Waals surface area (Å²) in [5, 5.41) is 8.93. The van der Waals surface area contributed by atoms with Crippen LogP contribution in [-0.2, 0) is 0 Å². The molecular weight excluding hydrogens is 431 g/mol. The Morgan fingerprint density at radius 1 is 1.09 bits per heavy atom. The van der Waals surface area contributed by atoms with E-state index in [9.17, 15) is 9.18 Å². The van der Waals surface area contributed by atoms with Crippen molar-refractivity contribution in [2.45, 2.75) is 51.4 Å². The minimum absolute atomic E-state index is 0.138. The van der Waals surface area contributed by atoms with Gasteiger partial charge in [0.1, 0.15) is 5.82 Å². The predicted octanol–water partition coefficient (Wildman–Crippen LogP) is 5.91. The SMILES string of the molecule is Cc1nnc(-c2ccc(C(N)=O)c([C@H](C)C3CCC(c4ccnc5ccc(F)cc45)CC3)c2)o1. The highest BCUT2D eigenvalue weighted by Gasteiger charge is 2.30. The number of nitrogens with two attached hydrogens (primary N) is 1. The second kappa shape index (κ2) is 8.97. The molecule has 174 valence electrons. The molecular formula is C27H27FN4O2. The van der Waals surface area contributed by atoms with Gasteiger partial charge in [-0.1, -0.05) is 6.92 Å². The maximum Gasteiger partial charge on any atom is 0.248 e. The highest BCUT2D eigenvalue weighted by Crippen LogP contribution is 2.44. The van der Waals surface area contributed by atoms with Gasteiger partial charge in [-0.3, -0.25) is 9.78 Å². The largest absolute Gasteiger partial charge is 0.421 e. The smallest absolute Gasteiger partial charge is 0.248 e. The Morgan fingerprint density at radius 2 is 1.88 bits per heavy atom. The molecule has 1 atom stereocenters. The van der Waals surface area contributed by atoms with E-state index >= 15 is 0 Å². The molecule has 34 heavy (non-hydrogen) atoms. The maximum absolute atomic E-state index is 13.9. The van der Waals surface area contributed by atoms with Crippen LogP contribution in [0.2, 0.25) is 0 Å². The van der Waals surface area contributed by atoms with Crippen LogP contribution in [0.15, 0.2) is 53.1 Å². The molecule has 0 bridgehead atoms. The third kappa shape index (κ3) is 4.18. The second-order valence-corrected chi connectivity index (χ2v) is 9.25. The van der Waals surface area contributed by atoms with E-state index in [1.165, 1.54) is 11.6 Å². The summed E-state index contributed by atoms with van der Waals surface area (Å²) in [5.74, 6) is 1.15. The summed E-state index contributed by atoms with van der Waals surface area (Å²) in [7, 11) is 0. The van der Waals surface area contributed by atoms with E-state index in [1.807, 2.05) is 18.3 Å². The highest BCUT2D eigenvalue weighted by atomic mass is 19.1. The minimum Gasteiger partial charge on any atom is -0.421 e. The summed E-state index contributed by atoms with van der Waals surface area (Å²) < 4.78 is 19.5. The van der Waals surface area contributed by atoms with Crippen molar-refractivity contribution in [2.75, 3.05) is 0 Å². The first-order valence-electron chi connectivity index (χ1n) is 11.7. The van der Waals surface area contributed by atoms with Crippen molar-refractivity contribution in [3.8, 4) is 11.5 Å². The molecule has 4 aromatic rings. The van der Waals surface area contributed by atoms with Gasteiger partial charge < -0.3 is 10.2 Å². The summed E-state index contributed by atoms with van der Waals surface area (Å²) >= 11 is 0. The Labute approximate surface area is 197 Å². The van der Waals surface area contributed by atoms with Gasteiger partial charge in [0.15, 0.2) is 0 Å². The van der Waals surface area contributed by atoms with E-state index < -0.39 is 5.91 Å². The minimum atomic E-state index is -0.436. The van der Waals surface area contributed by atoms with Gasteiger partial charge in [0.05, 0.1) is 5.52 Å². The van der Waals surface area contributed by atoms with Gasteiger partial charge in [-0.15, -0.1) is 10.2 Å². The summed E-state index contributed by atoms with van der Waals surface area (Å²) in [5.41, 5.74) is 9.94. The summed E-state index contributed by atoms with van der Waals surface area (Å²) in [6, 6.07) is 12.3. The number of carbonyl (C=O) groups is 1. The van der Waals surface area contributed by atoms with Crippen LogP contribution in [0.4, 0.5) is 4.39 Å². The number of aromatic nitrogens is 3. The zero-order valence-corrected chi connectivity index (χ0v) is 19.3. The predicted molar refractivity (Wildman–Crippen MR) is 128 cm³/mol. The number of benzene rings is 2. The Morgan fingerprint density at radius 3 is 2.59 bits per heavy atom. The standard InChI is InChI=1S/C27H27FN4O2/c1-15(23-13-19(7-9-22(23)26(29)33)27-32-31-16(2)34-27)17-3-5-18(6-4-17)21-11-12-30-25-10-8-20(28)14-24(21)25/h7-15,17-18H,3-6H2,1-2H3,(H2,29,33)/t15-,17?,18?/m1/s1. The number of hydrogen-bond acceptors (Lipinski definition) is 5. The quantitative estimate of drug-likeness (QED) is 0.401. The second-order valence-electron chi connectivity index (χ2n) is 9.25. The Bertz CT molecular complexity index is 1360. The normalized spacial score (nSPS) is 19.3. The molecule has 0 spiro atoms. The molecule has 6 nitrogen and oxygen atoms in total. The zero-order valence-electron chi connectivity index (χ0n) is 19.3. The number of hydrogen-bond donors (Lipinski definition) is 1. The lowest BCUT2D eigenvalue weighted by Crippen LogP contribution is -2.22. The van der Waals surface area contributed by atoms with Crippen LogP contribution in [0.3, 0.4) is 0 Å². The van der Waals surface area contributed by atoms with Gasteiger partial charge in [-0.25, -0.2) is 4.39 Å². The van der Waals surface area contributed by atoms with Crippen LogP contribution < -0.4 is 5.73 Å². The molecule has 7 heteroatoms. The Hall–Kier alpha value is -3.61. The molecule has 2 aromatic carbocycles. The van der Waals surface area contributed by atoms with Gasteiger partial charge in [-0.2, -0.15) is 0 Å². The topological polar surface area (TPSA) is 94.9 Å². The van der Waals surface area contributed by atoms with Crippen molar-refractivity contribution in [3.63, 3.8) is 0 Å². The molecule has 1 amide bonds. The third-order valence-corrected chi connectivity index (χ3v) is 7.24. The molecule has 1 aliphatic rings. The van der Waals surface area contributed by atoms with Crippen molar-refractivity contribution in [1.82, 2.24) is 15.2 Å². The fourth-order valence-corrected chi connectivity index (χ4v) is 5.39. The number of rotatable bonds is 5. The molecule has 0 aliphatic heterocycles. The molecule has 1 aliphatic carbocycles. The average Bonchev–Trinajstić information content (AvgIpc) is 3.29. The lowest BCUT2D eigenvalue weighted by Gasteiger charge is -2.33. The Balaban J connectivity index is 1.38. The van der Waals surface area contributed by atoms with Crippen molar-refractivity contribution in [1.29, 1.82) is 0 Å². The monoisotopic (exact) mass is 458 g/mol. The molecule has 0 radical (unpaired) electrons. The lowest BCUT2D eigenvalue weighted by molar-refractivity contribution is 0.0998. The summed E-state index contributed by atoms with van der Waals surface area (Å²) in [6.45, 7) is 3.91. The number of aryl methyl sites for hydroxylation is 1. The average molecular weight is 459 g/mol. The molecule has 0 unspecified atom stereocenters. The zero-order chi connectivity index (χ0) is 23.8. The first-order valence-corrected chi connectivity index (χ1v) is 11.7. The number of carbonyl (C=O) groups excluding carboxylic acids is 1. The molecule has 5 rings (SSSR count). The first kappa shape index (κ1) is 22.2. The van der Waals surface area contributed by atoms with E-state index in [1.54, 1.807) is 31.2 Å². The van der Waals surface area contributed by atoms with Crippen LogP contribution in [-0.4, -0.2) is 21.1 Å². The van der Waals surface area contributed by atoms with Gasteiger partial charge in [-0.05, 0) is 97.0 Å². The third-order valence-electron chi connectivity index (χ3n) is 7.24. The molecule has 2 N–H and O–H groups in total. The van der Waals surface area contributed by atoms with Gasteiger partial charge >= 0.3 is 0 Å². The van der Waals surface area contributed by atoms with Crippen LogP contribution in [0, 0.1) is 18.7 Å². The molecule has 2 heterocycles. The van der Waals surface area contributed by atoms with Crippen LogP contribution >= 0.6 is 0 Å². The fourth-order valence-electron chi connectivity index (χ4n) is 5.39. The van der Waals surface area contributed by atoms with Crippen LogP contribution in [0.5, 0.6) is 0 Å². The van der Waals surface area contributed by atoms with E-state index in [0.717, 1.165) is 47.7 Å².